The van der Waals surface area contributed by atoms with Crippen molar-refractivity contribution in [2.45, 2.75) is 13.3 Å². The Hall–Kier alpha value is -2.41. The number of phenolic OH excluding ortho intramolecular Hbond substituents is 1. The summed E-state index contributed by atoms with van der Waals surface area (Å²) in [7, 11) is 1.49. The van der Waals surface area contributed by atoms with E-state index in [1.54, 1.807) is 29.5 Å². The summed E-state index contributed by atoms with van der Waals surface area (Å²) in [6.45, 7) is 1.95. The summed E-state index contributed by atoms with van der Waals surface area (Å²) in [5, 5.41) is 17.0. The third-order valence-corrected chi connectivity index (χ3v) is 3.75. The second-order valence-corrected chi connectivity index (χ2v) is 5.47. The number of benzene rings is 1. The van der Waals surface area contributed by atoms with Gasteiger partial charge < -0.3 is 14.4 Å². The molecule has 0 spiro atoms. The number of hydrogen-bond acceptors (Lipinski definition) is 7. The van der Waals surface area contributed by atoms with Gasteiger partial charge in [-0.05, 0) is 19.1 Å². The van der Waals surface area contributed by atoms with Crippen molar-refractivity contribution in [1.82, 2.24) is 15.1 Å². The van der Waals surface area contributed by atoms with E-state index in [2.05, 4.69) is 15.1 Å². The van der Waals surface area contributed by atoms with Crippen LogP contribution in [0.3, 0.4) is 0 Å². The molecule has 0 aliphatic carbocycles. The van der Waals surface area contributed by atoms with Gasteiger partial charge in [0.15, 0.2) is 17.3 Å². The van der Waals surface area contributed by atoms with Crippen molar-refractivity contribution >= 4 is 11.3 Å². The number of ether oxygens (including phenoxy) is 1. The number of aryl methyl sites for hydroxylation is 1. The van der Waals surface area contributed by atoms with E-state index in [9.17, 15) is 5.11 Å². The first kappa shape index (κ1) is 13.6. The molecule has 7 heteroatoms. The third-order valence-electron chi connectivity index (χ3n) is 2.92. The first-order chi connectivity index (χ1) is 10.2. The van der Waals surface area contributed by atoms with Gasteiger partial charge in [0.1, 0.15) is 0 Å². The fraction of sp³-hybridized carbons (Fsp3) is 0.214. The summed E-state index contributed by atoms with van der Waals surface area (Å²) >= 11 is 1.58. The van der Waals surface area contributed by atoms with Crippen molar-refractivity contribution in [3.05, 3.63) is 40.1 Å². The van der Waals surface area contributed by atoms with Crippen LogP contribution >= 0.6 is 11.3 Å². The standard InChI is InChI=1S/C14H13N3O3S/c1-8-15-9(7-21-8)6-12-16-14(20-17-12)10-4-3-5-11(19-2)13(10)18/h3-5,7,18H,6H2,1-2H3. The highest BCUT2D eigenvalue weighted by Gasteiger charge is 2.16. The van der Waals surface area contributed by atoms with E-state index in [1.165, 1.54) is 7.11 Å². The minimum atomic E-state index is -0.0142. The molecule has 1 aromatic carbocycles. The minimum Gasteiger partial charge on any atom is -0.504 e. The smallest absolute Gasteiger partial charge is 0.261 e. The SMILES string of the molecule is COc1cccc(-c2nc(Cc3csc(C)n3)no2)c1O. The molecule has 0 fully saturated rings. The molecule has 0 bridgehead atoms. The van der Waals surface area contributed by atoms with E-state index < -0.39 is 0 Å². The van der Waals surface area contributed by atoms with Gasteiger partial charge in [-0.3, -0.25) is 0 Å². The molecule has 6 nitrogen and oxygen atoms in total. The molecule has 0 aliphatic heterocycles. The number of hydrogen-bond donors (Lipinski definition) is 1. The molecule has 21 heavy (non-hydrogen) atoms. The van der Waals surface area contributed by atoms with E-state index in [0.29, 0.717) is 23.6 Å². The van der Waals surface area contributed by atoms with Crippen molar-refractivity contribution in [2.24, 2.45) is 0 Å². The highest BCUT2D eigenvalue weighted by atomic mass is 32.1. The highest BCUT2D eigenvalue weighted by molar-refractivity contribution is 7.09. The van der Waals surface area contributed by atoms with E-state index in [1.807, 2.05) is 12.3 Å². The van der Waals surface area contributed by atoms with Gasteiger partial charge in [-0.2, -0.15) is 4.98 Å². The molecule has 3 aromatic rings. The van der Waals surface area contributed by atoms with Gasteiger partial charge in [-0.15, -0.1) is 11.3 Å². The van der Waals surface area contributed by atoms with Gasteiger partial charge >= 0.3 is 0 Å². The predicted octanol–water partition coefficient (Wildman–Crippen LogP) is 2.81. The molecule has 0 aliphatic rings. The molecule has 1 N–H and O–H groups in total. The summed E-state index contributed by atoms with van der Waals surface area (Å²) in [6.07, 6.45) is 0.499. The first-order valence-corrected chi connectivity index (χ1v) is 7.15. The average molecular weight is 303 g/mol. The molecule has 0 unspecified atom stereocenters. The Balaban J connectivity index is 1.88. The molecule has 3 rings (SSSR count). The average Bonchev–Trinajstić information content (AvgIpc) is 3.09. The molecule has 2 heterocycles. The summed E-state index contributed by atoms with van der Waals surface area (Å²) < 4.78 is 10.3. The summed E-state index contributed by atoms with van der Waals surface area (Å²) in [5.74, 6) is 1.13. The van der Waals surface area contributed by atoms with Crippen molar-refractivity contribution in [2.75, 3.05) is 7.11 Å². The molecule has 0 saturated carbocycles. The van der Waals surface area contributed by atoms with E-state index >= 15 is 0 Å². The maximum atomic E-state index is 10.1. The van der Waals surface area contributed by atoms with E-state index in [-0.39, 0.29) is 11.6 Å². The van der Waals surface area contributed by atoms with Crippen LogP contribution in [0.4, 0.5) is 0 Å². The Morgan fingerprint density at radius 1 is 1.33 bits per heavy atom. The lowest BCUT2D eigenvalue weighted by Crippen LogP contribution is -1.91. The molecule has 0 amide bonds. The fourth-order valence-electron chi connectivity index (χ4n) is 1.95. The van der Waals surface area contributed by atoms with Crippen LogP contribution in [0.2, 0.25) is 0 Å². The van der Waals surface area contributed by atoms with Gasteiger partial charge in [0.2, 0.25) is 0 Å². The van der Waals surface area contributed by atoms with Crippen LogP contribution in [0, 0.1) is 6.92 Å². The number of nitrogens with zero attached hydrogens (tertiary/aromatic N) is 3. The second kappa shape index (κ2) is 5.53. The normalized spacial score (nSPS) is 10.8. The lowest BCUT2D eigenvalue weighted by atomic mass is 10.2. The summed E-state index contributed by atoms with van der Waals surface area (Å²) in [4.78, 5) is 8.65. The lowest BCUT2D eigenvalue weighted by molar-refractivity contribution is 0.371. The molecule has 0 atom stereocenters. The first-order valence-electron chi connectivity index (χ1n) is 6.27. The molecule has 108 valence electrons. The Bertz CT molecular complexity index is 766. The molecule has 0 radical (unpaired) electrons. The Morgan fingerprint density at radius 2 is 2.19 bits per heavy atom. The lowest BCUT2D eigenvalue weighted by Gasteiger charge is -2.04. The van der Waals surface area contributed by atoms with Crippen LogP contribution < -0.4 is 4.74 Å². The van der Waals surface area contributed by atoms with Crippen LogP contribution in [0.5, 0.6) is 11.5 Å². The highest BCUT2D eigenvalue weighted by Crippen LogP contribution is 2.35. The van der Waals surface area contributed by atoms with Gasteiger partial charge in [-0.1, -0.05) is 11.2 Å². The monoisotopic (exact) mass is 303 g/mol. The zero-order valence-corrected chi connectivity index (χ0v) is 12.3. The van der Waals surface area contributed by atoms with Crippen LogP contribution in [0.15, 0.2) is 28.1 Å². The van der Waals surface area contributed by atoms with Crippen molar-refractivity contribution in [3.63, 3.8) is 0 Å². The minimum absolute atomic E-state index is 0.0142. The number of para-hydroxylation sites is 1. The number of phenols is 1. The van der Waals surface area contributed by atoms with E-state index in [0.717, 1.165) is 10.7 Å². The van der Waals surface area contributed by atoms with E-state index in [4.69, 9.17) is 9.26 Å². The maximum absolute atomic E-state index is 10.1. The molecule has 2 aromatic heterocycles. The number of methoxy groups -OCH3 is 1. The van der Waals surface area contributed by atoms with Crippen LogP contribution in [-0.4, -0.2) is 27.3 Å². The number of rotatable bonds is 4. The fourth-order valence-corrected chi connectivity index (χ4v) is 2.56. The van der Waals surface area contributed by atoms with Gasteiger partial charge in [0, 0.05) is 5.38 Å². The van der Waals surface area contributed by atoms with Gasteiger partial charge in [0.25, 0.3) is 5.89 Å². The van der Waals surface area contributed by atoms with Crippen molar-refractivity contribution in [3.8, 4) is 23.0 Å². The zero-order chi connectivity index (χ0) is 14.8. The maximum Gasteiger partial charge on any atom is 0.261 e. The largest absolute Gasteiger partial charge is 0.504 e. The van der Waals surface area contributed by atoms with Crippen LogP contribution in [0.1, 0.15) is 16.5 Å². The number of aromatic nitrogens is 3. The zero-order valence-electron chi connectivity index (χ0n) is 11.5. The Morgan fingerprint density at radius 3 is 2.90 bits per heavy atom. The second-order valence-electron chi connectivity index (χ2n) is 4.41. The predicted molar refractivity (Wildman–Crippen MR) is 77.6 cm³/mol. The number of thiazole rings is 1. The number of aromatic hydroxyl groups is 1. The quantitative estimate of drug-likeness (QED) is 0.798. The van der Waals surface area contributed by atoms with Crippen molar-refractivity contribution < 1.29 is 14.4 Å². The van der Waals surface area contributed by atoms with Crippen LogP contribution in [-0.2, 0) is 6.42 Å². The Labute approximate surface area is 125 Å². The molecule has 0 saturated heterocycles. The Kier molecular flexibility index (Phi) is 3.57. The summed E-state index contributed by atoms with van der Waals surface area (Å²) in [6, 6.07) is 5.11. The topological polar surface area (TPSA) is 81.3 Å². The van der Waals surface area contributed by atoms with Gasteiger partial charge in [0.05, 0.1) is 29.8 Å². The van der Waals surface area contributed by atoms with Gasteiger partial charge in [-0.25, -0.2) is 4.98 Å². The van der Waals surface area contributed by atoms with Crippen molar-refractivity contribution in [1.29, 1.82) is 0 Å². The summed E-state index contributed by atoms with van der Waals surface area (Å²) in [5.41, 5.74) is 1.35. The molecular formula is C14H13N3O3S. The molecular weight excluding hydrogens is 290 g/mol. The van der Waals surface area contributed by atoms with Crippen LogP contribution in [0.25, 0.3) is 11.5 Å². The third kappa shape index (κ3) is 2.73.